The van der Waals surface area contributed by atoms with Crippen LogP contribution in [0.4, 0.5) is 4.39 Å². The molecule has 28 heavy (non-hydrogen) atoms. The fourth-order valence-corrected chi connectivity index (χ4v) is 4.18. The Morgan fingerprint density at radius 3 is 2.93 bits per heavy atom. The molecule has 3 aromatic rings. The van der Waals surface area contributed by atoms with Gasteiger partial charge in [-0.15, -0.1) is 11.3 Å². The molecule has 0 saturated carbocycles. The van der Waals surface area contributed by atoms with Crippen LogP contribution in [-0.4, -0.2) is 47.5 Å². The van der Waals surface area contributed by atoms with Crippen molar-refractivity contribution < 1.29 is 13.9 Å². The minimum atomic E-state index is -0.732. The Bertz CT molecular complexity index is 935. The monoisotopic (exact) mass is 398 g/mol. The average Bonchev–Trinajstić information content (AvgIpc) is 3.24. The first-order valence-corrected chi connectivity index (χ1v) is 9.77. The molecular weight excluding hydrogens is 379 g/mol. The third-order valence-electron chi connectivity index (χ3n) is 4.81. The molecule has 8 heteroatoms. The molecule has 1 fully saturated rings. The number of carbonyl (C=O) groups is 1. The van der Waals surface area contributed by atoms with Crippen LogP contribution in [0.25, 0.3) is 10.6 Å². The molecule has 1 N–H and O–H groups in total. The van der Waals surface area contributed by atoms with Gasteiger partial charge in [0, 0.05) is 36.8 Å². The molecule has 1 atom stereocenters. The van der Waals surface area contributed by atoms with Gasteiger partial charge in [-0.3, -0.25) is 9.78 Å². The Kier molecular flexibility index (Phi) is 5.31. The number of carbonyl (C=O) groups excluding carboxylic acids is 1. The number of ether oxygens (including phenoxy) is 1. The number of rotatable bonds is 6. The molecule has 0 aliphatic carbocycles. The second-order valence-corrected chi connectivity index (χ2v) is 7.39. The van der Waals surface area contributed by atoms with Crippen molar-refractivity contribution in [2.75, 3.05) is 26.2 Å². The van der Waals surface area contributed by atoms with Crippen LogP contribution in [0.5, 0.6) is 5.75 Å². The maximum Gasteiger partial charge on any atom is 0.210 e. The van der Waals surface area contributed by atoms with Crippen molar-refractivity contribution in [3.8, 4) is 16.3 Å². The van der Waals surface area contributed by atoms with Crippen molar-refractivity contribution in [3.63, 3.8) is 0 Å². The Balaban J connectivity index is 1.67. The number of nitrogens with zero attached hydrogens (tertiary/aromatic N) is 3. The summed E-state index contributed by atoms with van der Waals surface area (Å²) >= 11 is 1.46. The maximum atomic E-state index is 13.2. The second kappa shape index (κ2) is 8.04. The molecule has 3 heterocycles. The zero-order chi connectivity index (χ0) is 19.4. The number of thiazole rings is 1. The highest BCUT2D eigenvalue weighted by Gasteiger charge is 2.43. The molecule has 1 aliphatic rings. The van der Waals surface area contributed by atoms with Gasteiger partial charge in [-0.05, 0) is 36.4 Å². The Morgan fingerprint density at radius 1 is 1.32 bits per heavy atom. The lowest BCUT2D eigenvalue weighted by Gasteiger charge is -2.44. The Labute approximate surface area is 166 Å². The Morgan fingerprint density at radius 2 is 2.18 bits per heavy atom. The lowest BCUT2D eigenvalue weighted by Crippen LogP contribution is -2.61. The summed E-state index contributed by atoms with van der Waals surface area (Å²) in [7, 11) is 0. The van der Waals surface area contributed by atoms with Crippen LogP contribution in [0.1, 0.15) is 5.69 Å². The first-order chi connectivity index (χ1) is 13.7. The SMILES string of the molecule is O=CN1CCNCC1(COc1cccnc1)c1csc(-c2ccc(F)cc2)n1. The standard InChI is InChI=1S/C20H19FN4O2S/c21-16-5-3-15(4-6-16)19-24-18(11-28-19)20(12-23-8-9-25(20)14-26)13-27-17-2-1-7-22-10-17/h1-7,10-11,14,23H,8-9,12-13H2. The number of halogens is 1. The molecular formula is C20H19FN4O2S. The number of aromatic nitrogens is 2. The fraction of sp³-hybridized carbons (Fsp3) is 0.250. The first-order valence-electron chi connectivity index (χ1n) is 8.89. The third-order valence-corrected chi connectivity index (χ3v) is 5.70. The second-order valence-electron chi connectivity index (χ2n) is 6.53. The minimum Gasteiger partial charge on any atom is -0.489 e. The number of nitrogens with one attached hydrogen (secondary N) is 1. The van der Waals surface area contributed by atoms with E-state index < -0.39 is 5.54 Å². The first kappa shape index (κ1) is 18.5. The van der Waals surface area contributed by atoms with E-state index in [1.165, 1.54) is 23.5 Å². The van der Waals surface area contributed by atoms with Crippen molar-refractivity contribution >= 4 is 17.7 Å². The van der Waals surface area contributed by atoms with Gasteiger partial charge in [-0.2, -0.15) is 0 Å². The minimum absolute atomic E-state index is 0.247. The summed E-state index contributed by atoms with van der Waals surface area (Å²) in [6.07, 6.45) is 4.17. The molecule has 1 aliphatic heterocycles. The van der Waals surface area contributed by atoms with Gasteiger partial charge in [0.15, 0.2) is 0 Å². The zero-order valence-corrected chi connectivity index (χ0v) is 15.9. The Hall–Kier alpha value is -2.84. The zero-order valence-electron chi connectivity index (χ0n) is 15.0. The molecule has 0 spiro atoms. The molecule has 0 radical (unpaired) electrons. The average molecular weight is 398 g/mol. The normalized spacial score (nSPS) is 19.4. The van der Waals surface area contributed by atoms with Crippen LogP contribution in [-0.2, 0) is 10.3 Å². The molecule has 1 unspecified atom stereocenters. The predicted molar refractivity (Wildman–Crippen MR) is 105 cm³/mol. The molecule has 0 bridgehead atoms. The van der Waals surface area contributed by atoms with Crippen LogP contribution >= 0.6 is 11.3 Å². The van der Waals surface area contributed by atoms with Gasteiger partial charge in [-0.1, -0.05) is 0 Å². The summed E-state index contributed by atoms with van der Waals surface area (Å²) in [4.78, 5) is 22.4. The van der Waals surface area contributed by atoms with E-state index in [1.54, 1.807) is 35.5 Å². The van der Waals surface area contributed by atoms with Gasteiger partial charge in [0.25, 0.3) is 0 Å². The van der Waals surface area contributed by atoms with E-state index >= 15 is 0 Å². The smallest absolute Gasteiger partial charge is 0.210 e. The van der Waals surface area contributed by atoms with Crippen molar-refractivity contribution in [2.24, 2.45) is 0 Å². The summed E-state index contributed by atoms with van der Waals surface area (Å²) in [6, 6.07) is 9.86. The van der Waals surface area contributed by atoms with Crippen molar-refractivity contribution in [1.82, 2.24) is 20.2 Å². The van der Waals surface area contributed by atoms with E-state index in [4.69, 9.17) is 9.72 Å². The van der Waals surface area contributed by atoms with Crippen molar-refractivity contribution in [1.29, 1.82) is 0 Å². The molecule has 2 aromatic heterocycles. The van der Waals surface area contributed by atoms with E-state index in [0.717, 1.165) is 22.7 Å². The lowest BCUT2D eigenvalue weighted by molar-refractivity contribution is -0.127. The highest BCUT2D eigenvalue weighted by atomic mass is 32.1. The number of piperazine rings is 1. The third kappa shape index (κ3) is 3.61. The van der Waals surface area contributed by atoms with E-state index in [1.807, 2.05) is 11.4 Å². The number of hydrogen-bond donors (Lipinski definition) is 1. The predicted octanol–water partition coefficient (Wildman–Crippen LogP) is 2.68. The quantitative estimate of drug-likeness (QED) is 0.647. The van der Waals surface area contributed by atoms with Gasteiger partial charge >= 0.3 is 0 Å². The van der Waals surface area contributed by atoms with Crippen LogP contribution in [0.2, 0.25) is 0 Å². The van der Waals surface area contributed by atoms with E-state index in [0.29, 0.717) is 25.4 Å². The highest BCUT2D eigenvalue weighted by molar-refractivity contribution is 7.13. The van der Waals surface area contributed by atoms with Crippen molar-refractivity contribution in [3.05, 3.63) is 65.7 Å². The molecule has 4 rings (SSSR count). The van der Waals surface area contributed by atoms with Gasteiger partial charge in [0.1, 0.15) is 28.7 Å². The summed E-state index contributed by atoms with van der Waals surface area (Å²) in [6.45, 7) is 2.04. The number of pyridine rings is 1. The van der Waals surface area contributed by atoms with Crippen LogP contribution < -0.4 is 10.1 Å². The summed E-state index contributed by atoms with van der Waals surface area (Å²) < 4.78 is 19.2. The van der Waals surface area contributed by atoms with Crippen LogP contribution in [0, 0.1) is 5.82 Å². The number of amides is 1. The summed E-state index contributed by atoms with van der Waals surface area (Å²) in [5, 5.41) is 6.06. The lowest BCUT2D eigenvalue weighted by atomic mass is 9.92. The summed E-state index contributed by atoms with van der Waals surface area (Å²) in [5.74, 6) is 0.345. The van der Waals surface area contributed by atoms with Gasteiger partial charge in [0.05, 0.1) is 11.9 Å². The van der Waals surface area contributed by atoms with Gasteiger partial charge < -0.3 is 15.0 Å². The van der Waals surface area contributed by atoms with E-state index in [9.17, 15) is 9.18 Å². The van der Waals surface area contributed by atoms with Crippen molar-refractivity contribution in [2.45, 2.75) is 5.54 Å². The highest BCUT2D eigenvalue weighted by Crippen LogP contribution is 2.34. The van der Waals surface area contributed by atoms with Crippen LogP contribution in [0.15, 0.2) is 54.2 Å². The maximum absolute atomic E-state index is 13.2. The van der Waals surface area contributed by atoms with E-state index in [-0.39, 0.29) is 12.4 Å². The molecule has 1 saturated heterocycles. The number of hydrogen-bond acceptors (Lipinski definition) is 6. The molecule has 1 amide bonds. The van der Waals surface area contributed by atoms with Gasteiger partial charge in [-0.25, -0.2) is 9.37 Å². The number of benzene rings is 1. The largest absolute Gasteiger partial charge is 0.489 e. The molecule has 144 valence electrons. The van der Waals surface area contributed by atoms with Gasteiger partial charge in [0.2, 0.25) is 6.41 Å². The molecule has 6 nitrogen and oxygen atoms in total. The molecule has 1 aromatic carbocycles. The van der Waals surface area contributed by atoms with Crippen LogP contribution in [0.3, 0.4) is 0 Å². The topological polar surface area (TPSA) is 67.4 Å². The fourth-order valence-electron chi connectivity index (χ4n) is 3.26. The summed E-state index contributed by atoms with van der Waals surface area (Å²) in [5.41, 5.74) is 0.854. The van der Waals surface area contributed by atoms with E-state index in [2.05, 4.69) is 10.3 Å².